The highest BCUT2D eigenvalue weighted by molar-refractivity contribution is 5.82. The number of nitrogens with one attached hydrogen (secondary N) is 1. The van der Waals surface area contributed by atoms with Crippen molar-refractivity contribution in [1.29, 1.82) is 0 Å². The standard InChI is InChI=1S/C12H20N2O2/c1-2-16-11-3-10(11)12(15)14-6-8-4-13-5-9(8)7-14/h8-11,13H,2-7H2,1H3/t8-,9+,10?,11?. The number of hydrogen-bond donors (Lipinski definition) is 1. The van der Waals surface area contributed by atoms with Gasteiger partial charge in [0.05, 0.1) is 12.0 Å². The van der Waals surface area contributed by atoms with Crippen LogP contribution in [-0.4, -0.2) is 49.7 Å². The lowest BCUT2D eigenvalue weighted by molar-refractivity contribution is -0.132. The average molecular weight is 224 g/mol. The SMILES string of the molecule is CCOC1CC1C(=O)N1C[C@H]2CNC[C@H]2C1. The van der Waals surface area contributed by atoms with E-state index in [0.717, 1.165) is 39.2 Å². The van der Waals surface area contributed by atoms with Crippen molar-refractivity contribution in [3.63, 3.8) is 0 Å². The molecule has 4 atom stereocenters. The van der Waals surface area contributed by atoms with Crippen molar-refractivity contribution in [2.24, 2.45) is 17.8 Å². The number of amides is 1. The second kappa shape index (κ2) is 4.00. The van der Waals surface area contributed by atoms with E-state index in [4.69, 9.17) is 4.74 Å². The van der Waals surface area contributed by atoms with Crippen molar-refractivity contribution in [2.75, 3.05) is 32.8 Å². The van der Waals surface area contributed by atoms with Crippen molar-refractivity contribution >= 4 is 5.91 Å². The van der Waals surface area contributed by atoms with Gasteiger partial charge in [-0.3, -0.25) is 4.79 Å². The fourth-order valence-corrected chi connectivity index (χ4v) is 3.10. The number of nitrogens with zero attached hydrogens (tertiary/aromatic N) is 1. The molecule has 1 N–H and O–H groups in total. The Hall–Kier alpha value is -0.610. The highest BCUT2D eigenvalue weighted by Crippen LogP contribution is 2.37. The predicted octanol–water partition coefficient (Wildman–Crippen LogP) is 0.0892. The Labute approximate surface area is 96.3 Å². The van der Waals surface area contributed by atoms with Crippen LogP contribution in [0.25, 0.3) is 0 Å². The van der Waals surface area contributed by atoms with Gasteiger partial charge in [0.1, 0.15) is 0 Å². The Balaban J connectivity index is 1.53. The highest BCUT2D eigenvalue weighted by Gasteiger charge is 2.48. The van der Waals surface area contributed by atoms with Crippen LogP contribution in [0.1, 0.15) is 13.3 Å². The molecule has 0 aromatic carbocycles. The lowest BCUT2D eigenvalue weighted by Gasteiger charge is -2.17. The molecule has 3 rings (SSSR count). The molecule has 0 aromatic rings. The smallest absolute Gasteiger partial charge is 0.228 e. The van der Waals surface area contributed by atoms with Crippen LogP contribution in [0.2, 0.25) is 0 Å². The molecule has 90 valence electrons. The number of carbonyl (C=O) groups is 1. The maximum atomic E-state index is 12.1. The summed E-state index contributed by atoms with van der Waals surface area (Å²) in [5.41, 5.74) is 0. The monoisotopic (exact) mass is 224 g/mol. The lowest BCUT2D eigenvalue weighted by Crippen LogP contribution is -2.33. The largest absolute Gasteiger partial charge is 0.378 e. The van der Waals surface area contributed by atoms with E-state index >= 15 is 0 Å². The molecule has 0 radical (unpaired) electrons. The molecule has 2 heterocycles. The Morgan fingerprint density at radius 3 is 2.69 bits per heavy atom. The van der Waals surface area contributed by atoms with Gasteiger partial charge in [-0.15, -0.1) is 0 Å². The van der Waals surface area contributed by atoms with E-state index in [0.29, 0.717) is 17.7 Å². The minimum absolute atomic E-state index is 0.173. The summed E-state index contributed by atoms with van der Waals surface area (Å²) in [6.45, 7) is 6.83. The molecule has 2 aliphatic heterocycles. The summed E-state index contributed by atoms with van der Waals surface area (Å²) in [5.74, 6) is 1.92. The molecule has 0 aromatic heterocycles. The van der Waals surface area contributed by atoms with Crippen LogP contribution in [0.4, 0.5) is 0 Å². The van der Waals surface area contributed by atoms with E-state index in [2.05, 4.69) is 10.2 Å². The molecule has 1 amide bonds. The molecule has 4 nitrogen and oxygen atoms in total. The third kappa shape index (κ3) is 1.74. The summed E-state index contributed by atoms with van der Waals surface area (Å²) in [5, 5.41) is 3.40. The van der Waals surface area contributed by atoms with E-state index in [9.17, 15) is 4.79 Å². The minimum atomic E-state index is 0.173. The summed E-state index contributed by atoms with van der Waals surface area (Å²) in [6.07, 6.45) is 1.16. The van der Waals surface area contributed by atoms with E-state index < -0.39 is 0 Å². The van der Waals surface area contributed by atoms with Gasteiger partial charge in [-0.2, -0.15) is 0 Å². The third-order valence-corrected chi connectivity index (χ3v) is 4.13. The Morgan fingerprint density at radius 2 is 2.06 bits per heavy atom. The molecule has 3 fully saturated rings. The third-order valence-electron chi connectivity index (χ3n) is 4.13. The summed E-state index contributed by atoms with van der Waals surface area (Å²) in [7, 11) is 0. The molecule has 0 spiro atoms. The normalized spacial score (nSPS) is 41.2. The van der Waals surface area contributed by atoms with E-state index in [-0.39, 0.29) is 12.0 Å². The minimum Gasteiger partial charge on any atom is -0.378 e. The van der Waals surface area contributed by atoms with Crippen LogP contribution >= 0.6 is 0 Å². The summed E-state index contributed by atoms with van der Waals surface area (Å²) in [6, 6.07) is 0. The lowest BCUT2D eigenvalue weighted by atomic mass is 10.0. The van der Waals surface area contributed by atoms with Gasteiger partial charge < -0.3 is 15.0 Å². The molecular weight excluding hydrogens is 204 g/mol. The first-order valence-electron chi connectivity index (χ1n) is 6.40. The fourth-order valence-electron chi connectivity index (χ4n) is 3.10. The topological polar surface area (TPSA) is 41.6 Å². The van der Waals surface area contributed by atoms with Crippen LogP contribution in [0.5, 0.6) is 0 Å². The van der Waals surface area contributed by atoms with Crippen molar-refractivity contribution in [3.05, 3.63) is 0 Å². The van der Waals surface area contributed by atoms with Crippen molar-refractivity contribution < 1.29 is 9.53 Å². The Morgan fingerprint density at radius 1 is 1.38 bits per heavy atom. The zero-order valence-electron chi connectivity index (χ0n) is 9.82. The fraction of sp³-hybridized carbons (Fsp3) is 0.917. The maximum absolute atomic E-state index is 12.1. The number of rotatable bonds is 3. The molecule has 1 aliphatic carbocycles. The van der Waals surface area contributed by atoms with Crippen molar-refractivity contribution in [3.8, 4) is 0 Å². The van der Waals surface area contributed by atoms with Gasteiger partial charge in [-0.25, -0.2) is 0 Å². The van der Waals surface area contributed by atoms with Crippen LogP contribution in [-0.2, 0) is 9.53 Å². The van der Waals surface area contributed by atoms with E-state index in [1.165, 1.54) is 0 Å². The van der Waals surface area contributed by atoms with Gasteiger partial charge in [-0.1, -0.05) is 0 Å². The summed E-state index contributed by atoms with van der Waals surface area (Å²) >= 11 is 0. The van der Waals surface area contributed by atoms with Crippen LogP contribution in [0.15, 0.2) is 0 Å². The van der Waals surface area contributed by atoms with Crippen molar-refractivity contribution in [1.82, 2.24) is 10.2 Å². The zero-order valence-corrected chi connectivity index (χ0v) is 9.82. The first kappa shape index (κ1) is 10.5. The van der Waals surface area contributed by atoms with Gasteiger partial charge in [0.25, 0.3) is 0 Å². The van der Waals surface area contributed by atoms with E-state index in [1.807, 2.05) is 6.92 Å². The van der Waals surface area contributed by atoms with Gasteiger partial charge >= 0.3 is 0 Å². The predicted molar refractivity (Wildman–Crippen MR) is 60.0 cm³/mol. The second-order valence-corrected chi connectivity index (χ2v) is 5.26. The van der Waals surface area contributed by atoms with Crippen LogP contribution < -0.4 is 5.32 Å². The molecule has 2 saturated heterocycles. The van der Waals surface area contributed by atoms with Crippen LogP contribution in [0, 0.1) is 17.8 Å². The molecule has 2 unspecified atom stereocenters. The summed E-state index contributed by atoms with van der Waals surface area (Å²) < 4.78 is 5.48. The summed E-state index contributed by atoms with van der Waals surface area (Å²) in [4.78, 5) is 14.2. The first-order valence-corrected chi connectivity index (χ1v) is 6.40. The highest BCUT2D eigenvalue weighted by atomic mass is 16.5. The maximum Gasteiger partial charge on any atom is 0.228 e. The molecule has 16 heavy (non-hydrogen) atoms. The molecule has 1 saturated carbocycles. The van der Waals surface area contributed by atoms with Crippen molar-refractivity contribution in [2.45, 2.75) is 19.4 Å². The molecule has 0 bridgehead atoms. The first-order chi connectivity index (χ1) is 7.79. The number of likely N-dealkylation sites (tertiary alicyclic amines) is 1. The number of ether oxygens (including phenoxy) is 1. The number of carbonyl (C=O) groups excluding carboxylic acids is 1. The Kier molecular flexibility index (Phi) is 2.64. The van der Waals surface area contributed by atoms with Crippen LogP contribution in [0.3, 0.4) is 0 Å². The number of fused-ring (bicyclic) bond motifs is 1. The van der Waals surface area contributed by atoms with Gasteiger partial charge in [0.15, 0.2) is 0 Å². The van der Waals surface area contributed by atoms with Gasteiger partial charge in [0.2, 0.25) is 5.91 Å². The average Bonchev–Trinajstić information content (AvgIpc) is 2.71. The molecule has 3 aliphatic rings. The molecular formula is C12H20N2O2. The second-order valence-electron chi connectivity index (χ2n) is 5.26. The van der Waals surface area contributed by atoms with Gasteiger partial charge in [-0.05, 0) is 25.2 Å². The number of hydrogen-bond acceptors (Lipinski definition) is 3. The zero-order chi connectivity index (χ0) is 11.1. The van der Waals surface area contributed by atoms with E-state index in [1.54, 1.807) is 0 Å². The quantitative estimate of drug-likeness (QED) is 0.738. The van der Waals surface area contributed by atoms with Gasteiger partial charge in [0, 0.05) is 32.8 Å². The Bertz CT molecular complexity index is 283. The molecule has 4 heteroatoms.